The normalized spacial score (nSPS) is 13.9. The fraction of sp³-hybridized carbons (Fsp3) is 0.231. The fourth-order valence-corrected chi connectivity index (χ4v) is 2.03. The minimum absolute atomic E-state index is 0.327. The van der Waals surface area contributed by atoms with Crippen LogP contribution < -0.4 is 4.74 Å². The van der Waals surface area contributed by atoms with Crippen LogP contribution in [0.1, 0.15) is 12.0 Å². The van der Waals surface area contributed by atoms with Crippen molar-refractivity contribution in [2.45, 2.75) is 6.42 Å². The maximum Gasteiger partial charge on any atom is 0.331 e. The summed E-state index contributed by atoms with van der Waals surface area (Å²) in [7, 11) is 1.69. The predicted octanol–water partition coefficient (Wildman–Crippen LogP) is 1.13. The molecule has 20 heavy (non-hydrogen) atoms. The minimum Gasteiger partial charge on any atom is -0.493 e. The third-order valence-electron chi connectivity index (χ3n) is 3.01. The number of fused-ring (bicyclic) bond motifs is 1. The van der Waals surface area contributed by atoms with Crippen molar-refractivity contribution in [1.82, 2.24) is 20.2 Å². The van der Waals surface area contributed by atoms with Gasteiger partial charge in [0.25, 0.3) is 0 Å². The summed E-state index contributed by atoms with van der Waals surface area (Å²) >= 11 is 0. The van der Waals surface area contributed by atoms with Crippen molar-refractivity contribution >= 4 is 12.0 Å². The van der Waals surface area contributed by atoms with Gasteiger partial charge in [0.15, 0.2) is 0 Å². The van der Waals surface area contributed by atoms with Gasteiger partial charge in [-0.1, -0.05) is 0 Å². The number of aromatic nitrogens is 4. The number of ether oxygens (including phenoxy) is 1. The highest BCUT2D eigenvalue weighted by atomic mass is 16.5. The number of rotatable bonds is 2. The highest BCUT2D eigenvalue weighted by molar-refractivity contribution is 5.93. The third-order valence-corrected chi connectivity index (χ3v) is 3.01. The van der Waals surface area contributed by atoms with Crippen LogP contribution in [0.5, 0.6) is 5.75 Å². The summed E-state index contributed by atoms with van der Waals surface area (Å²) in [5.41, 5.74) is 1.81. The molecule has 1 aliphatic rings. The quantitative estimate of drug-likeness (QED) is 0.881. The highest BCUT2D eigenvalue weighted by Crippen LogP contribution is 2.29. The SMILES string of the molecule is Cn1nnc(-c2ccc3c(c2)C=C(C(=O)O)CCO3)n1. The van der Waals surface area contributed by atoms with E-state index in [2.05, 4.69) is 15.4 Å². The molecule has 2 heterocycles. The Kier molecular flexibility index (Phi) is 2.94. The Morgan fingerprint density at radius 1 is 1.45 bits per heavy atom. The van der Waals surface area contributed by atoms with Gasteiger partial charge in [0.1, 0.15) is 5.75 Å². The molecule has 1 aliphatic heterocycles. The lowest BCUT2D eigenvalue weighted by atomic mass is 10.1. The first-order valence-electron chi connectivity index (χ1n) is 6.08. The summed E-state index contributed by atoms with van der Waals surface area (Å²) in [6, 6.07) is 5.43. The van der Waals surface area contributed by atoms with Crippen LogP contribution in [-0.4, -0.2) is 37.9 Å². The van der Waals surface area contributed by atoms with E-state index >= 15 is 0 Å². The predicted molar refractivity (Wildman–Crippen MR) is 70.0 cm³/mol. The molecule has 0 aliphatic carbocycles. The smallest absolute Gasteiger partial charge is 0.331 e. The first-order valence-corrected chi connectivity index (χ1v) is 6.08. The molecule has 0 radical (unpaired) electrons. The molecule has 0 unspecified atom stereocenters. The molecule has 0 spiro atoms. The number of carboxylic acid groups (broad SMARTS) is 1. The molecule has 0 atom stereocenters. The van der Waals surface area contributed by atoms with E-state index < -0.39 is 5.97 Å². The van der Waals surface area contributed by atoms with Crippen molar-refractivity contribution in [3.8, 4) is 17.1 Å². The molecule has 0 saturated carbocycles. The Morgan fingerprint density at radius 3 is 3.00 bits per heavy atom. The summed E-state index contributed by atoms with van der Waals surface area (Å²) in [5, 5.41) is 21.0. The highest BCUT2D eigenvalue weighted by Gasteiger charge is 2.16. The van der Waals surface area contributed by atoms with E-state index in [4.69, 9.17) is 9.84 Å². The van der Waals surface area contributed by atoms with Gasteiger partial charge in [-0.3, -0.25) is 0 Å². The van der Waals surface area contributed by atoms with E-state index in [-0.39, 0.29) is 0 Å². The summed E-state index contributed by atoms with van der Waals surface area (Å²) < 4.78 is 5.55. The topological polar surface area (TPSA) is 90.1 Å². The van der Waals surface area contributed by atoms with Crippen LogP contribution in [0.4, 0.5) is 0 Å². The van der Waals surface area contributed by atoms with E-state index in [0.29, 0.717) is 35.7 Å². The Labute approximate surface area is 114 Å². The van der Waals surface area contributed by atoms with Gasteiger partial charge < -0.3 is 9.84 Å². The molecule has 2 aromatic rings. The van der Waals surface area contributed by atoms with Gasteiger partial charge in [0.2, 0.25) is 5.82 Å². The van der Waals surface area contributed by atoms with Crippen molar-refractivity contribution < 1.29 is 14.6 Å². The second kappa shape index (κ2) is 4.76. The summed E-state index contributed by atoms with van der Waals surface area (Å²) in [5.74, 6) is 0.225. The van der Waals surface area contributed by atoms with E-state index in [1.165, 1.54) is 4.80 Å². The number of hydrogen-bond donors (Lipinski definition) is 1. The number of carbonyl (C=O) groups is 1. The van der Waals surface area contributed by atoms with Gasteiger partial charge >= 0.3 is 5.97 Å². The lowest BCUT2D eigenvalue weighted by Crippen LogP contribution is -2.03. The molecule has 0 bridgehead atoms. The molecular weight excluding hydrogens is 260 g/mol. The molecular formula is C13H12N4O3. The van der Waals surface area contributed by atoms with Gasteiger partial charge in [0, 0.05) is 23.1 Å². The first-order chi connectivity index (χ1) is 9.63. The number of hydrogen-bond acceptors (Lipinski definition) is 5. The second-order valence-electron chi connectivity index (χ2n) is 4.43. The van der Waals surface area contributed by atoms with Gasteiger partial charge in [-0.15, -0.1) is 10.2 Å². The Bertz CT molecular complexity index is 705. The molecule has 0 saturated heterocycles. The Balaban J connectivity index is 2.06. The zero-order chi connectivity index (χ0) is 14.1. The number of aliphatic carboxylic acids is 1. The van der Waals surface area contributed by atoms with Gasteiger partial charge in [-0.25, -0.2) is 4.79 Å². The van der Waals surface area contributed by atoms with Crippen LogP contribution in [0.3, 0.4) is 0 Å². The van der Waals surface area contributed by atoms with Crippen LogP contribution >= 0.6 is 0 Å². The average Bonchev–Trinajstić information content (AvgIpc) is 2.74. The van der Waals surface area contributed by atoms with E-state index in [1.54, 1.807) is 25.3 Å². The summed E-state index contributed by atoms with van der Waals surface area (Å²) in [4.78, 5) is 12.5. The fourth-order valence-electron chi connectivity index (χ4n) is 2.03. The zero-order valence-corrected chi connectivity index (χ0v) is 10.8. The largest absolute Gasteiger partial charge is 0.493 e. The third kappa shape index (κ3) is 2.25. The summed E-state index contributed by atoms with van der Waals surface area (Å²) in [6.45, 7) is 0.355. The van der Waals surface area contributed by atoms with Crippen molar-refractivity contribution in [2.24, 2.45) is 7.05 Å². The number of carboxylic acids is 1. The van der Waals surface area contributed by atoms with Crippen LogP contribution in [0.2, 0.25) is 0 Å². The minimum atomic E-state index is -0.926. The van der Waals surface area contributed by atoms with Crippen molar-refractivity contribution in [1.29, 1.82) is 0 Å². The molecule has 0 amide bonds. The molecule has 1 aromatic heterocycles. The van der Waals surface area contributed by atoms with Gasteiger partial charge in [0.05, 0.1) is 13.7 Å². The molecule has 1 N–H and O–H groups in total. The number of nitrogens with zero attached hydrogens (tertiary/aromatic N) is 4. The van der Waals surface area contributed by atoms with Crippen LogP contribution in [-0.2, 0) is 11.8 Å². The van der Waals surface area contributed by atoms with Crippen molar-refractivity contribution in [2.75, 3.05) is 6.61 Å². The lowest BCUT2D eigenvalue weighted by molar-refractivity contribution is -0.132. The van der Waals surface area contributed by atoms with E-state index in [0.717, 1.165) is 5.56 Å². The Hall–Kier alpha value is -2.70. The van der Waals surface area contributed by atoms with Crippen molar-refractivity contribution in [3.05, 3.63) is 29.3 Å². The molecule has 1 aromatic carbocycles. The van der Waals surface area contributed by atoms with Gasteiger partial charge in [-0.05, 0) is 29.5 Å². The Morgan fingerprint density at radius 2 is 2.30 bits per heavy atom. The van der Waals surface area contributed by atoms with Crippen LogP contribution in [0.15, 0.2) is 23.8 Å². The second-order valence-corrected chi connectivity index (χ2v) is 4.43. The molecule has 3 rings (SSSR count). The average molecular weight is 272 g/mol. The molecule has 0 fully saturated rings. The van der Waals surface area contributed by atoms with E-state index in [1.807, 2.05) is 6.07 Å². The maximum atomic E-state index is 11.1. The first kappa shape index (κ1) is 12.3. The van der Waals surface area contributed by atoms with E-state index in [9.17, 15) is 4.79 Å². The number of benzene rings is 1. The monoisotopic (exact) mass is 272 g/mol. The molecule has 7 nitrogen and oxygen atoms in total. The van der Waals surface area contributed by atoms with Gasteiger partial charge in [-0.2, -0.15) is 4.80 Å². The number of tetrazole rings is 1. The molecule has 102 valence electrons. The zero-order valence-electron chi connectivity index (χ0n) is 10.8. The summed E-state index contributed by atoms with van der Waals surface area (Å²) in [6.07, 6.45) is 2.01. The van der Waals surface area contributed by atoms with Crippen molar-refractivity contribution in [3.63, 3.8) is 0 Å². The lowest BCUT2D eigenvalue weighted by Gasteiger charge is -2.06. The number of aryl methyl sites for hydroxylation is 1. The molecule has 7 heteroatoms. The van der Waals surface area contributed by atoms with Crippen LogP contribution in [0.25, 0.3) is 17.5 Å². The standard InChI is InChI=1S/C13H12N4O3/c1-17-15-12(14-16-17)8-2-3-11-10(6-8)7-9(13(18)19)4-5-20-11/h2-3,6-7H,4-5H2,1H3,(H,18,19). The maximum absolute atomic E-state index is 11.1. The van der Waals surface area contributed by atoms with Crippen LogP contribution in [0, 0.1) is 0 Å².